The van der Waals surface area contributed by atoms with E-state index in [1.165, 1.54) is 7.11 Å². The van der Waals surface area contributed by atoms with Gasteiger partial charge < -0.3 is 9.84 Å². The quantitative estimate of drug-likeness (QED) is 0.831. The molecule has 1 unspecified atom stereocenters. The molecule has 0 aliphatic heterocycles. The standard InChI is InChI=1S/C9H10Cl2O2/c1-5(12)6-3-4-7(13-2)9(11)8(6)10/h3-5,12H,1-2H3. The second-order valence-corrected chi connectivity index (χ2v) is 3.42. The Kier molecular flexibility index (Phi) is 3.42. The minimum Gasteiger partial charge on any atom is -0.495 e. The van der Waals surface area contributed by atoms with E-state index in [9.17, 15) is 5.11 Å². The molecule has 1 atom stereocenters. The average molecular weight is 221 g/mol. The lowest BCUT2D eigenvalue weighted by atomic mass is 10.1. The predicted octanol–water partition coefficient (Wildman–Crippen LogP) is 3.06. The van der Waals surface area contributed by atoms with Gasteiger partial charge in [0.05, 0.1) is 18.2 Å². The third kappa shape index (κ3) is 2.08. The molecule has 0 radical (unpaired) electrons. The third-order valence-electron chi connectivity index (χ3n) is 1.75. The van der Waals surface area contributed by atoms with Gasteiger partial charge in [0.15, 0.2) is 0 Å². The van der Waals surface area contributed by atoms with Gasteiger partial charge in [-0.15, -0.1) is 0 Å². The van der Waals surface area contributed by atoms with Gasteiger partial charge in [0.2, 0.25) is 0 Å². The molecule has 1 aromatic carbocycles. The first-order valence-corrected chi connectivity index (χ1v) is 4.53. The Morgan fingerprint density at radius 1 is 1.31 bits per heavy atom. The molecular weight excluding hydrogens is 211 g/mol. The summed E-state index contributed by atoms with van der Waals surface area (Å²) in [5.74, 6) is 0.510. The highest BCUT2D eigenvalue weighted by Gasteiger charge is 2.13. The van der Waals surface area contributed by atoms with Crippen LogP contribution in [-0.2, 0) is 0 Å². The Labute approximate surface area is 87.0 Å². The summed E-state index contributed by atoms with van der Waals surface area (Å²) in [7, 11) is 1.51. The molecule has 1 aromatic rings. The summed E-state index contributed by atoms with van der Waals surface area (Å²) in [6, 6.07) is 3.37. The molecule has 4 heteroatoms. The Morgan fingerprint density at radius 3 is 2.38 bits per heavy atom. The fraction of sp³-hybridized carbons (Fsp3) is 0.333. The molecule has 0 aliphatic rings. The summed E-state index contributed by atoms with van der Waals surface area (Å²) >= 11 is 11.8. The van der Waals surface area contributed by atoms with Gasteiger partial charge in [0.25, 0.3) is 0 Å². The van der Waals surface area contributed by atoms with Crippen LogP contribution in [0.2, 0.25) is 10.0 Å². The van der Waals surface area contributed by atoms with Crippen LogP contribution in [0.25, 0.3) is 0 Å². The van der Waals surface area contributed by atoms with Crippen molar-refractivity contribution < 1.29 is 9.84 Å². The van der Waals surface area contributed by atoms with Crippen LogP contribution in [0.15, 0.2) is 12.1 Å². The number of aliphatic hydroxyl groups is 1. The Hall–Kier alpha value is -0.440. The molecule has 0 bridgehead atoms. The van der Waals surface area contributed by atoms with Crippen molar-refractivity contribution in [3.8, 4) is 5.75 Å². The van der Waals surface area contributed by atoms with E-state index in [0.29, 0.717) is 21.4 Å². The van der Waals surface area contributed by atoms with Crippen LogP contribution in [0.5, 0.6) is 5.75 Å². The molecule has 0 heterocycles. The molecule has 0 saturated heterocycles. The van der Waals surface area contributed by atoms with Gasteiger partial charge in [-0.1, -0.05) is 29.3 Å². The molecular formula is C9H10Cl2O2. The Bertz CT molecular complexity index is 311. The number of hydrogen-bond acceptors (Lipinski definition) is 2. The van der Waals surface area contributed by atoms with Crippen LogP contribution < -0.4 is 4.74 Å². The first-order chi connectivity index (χ1) is 6.07. The molecule has 1 N–H and O–H groups in total. The van der Waals surface area contributed by atoms with Crippen molar-refractivity contribution in [3.05, 3.63) is 27.7 Å². The predicted molar refractivity (Wildman–Crippen MR) is 53.6 cm³/mol. The maximum absolute atomic E-state index is 9.31. The fourth-order valence-electron chi connectivity index (χ4n) is 1.03. The SMILES string of the molecule is COc1ccc(C(C)O)c(Cl)c1Cl. The van der Waals surface area contributed by atoms with Gasteiger partial charge in [0, 0.05) is 5.56 Å². The van der Waals surface area contributed by atoms with Crippen LogP contribution in [0.3, 0.4) is 0 Å². The molecule has 0 aromatic heterocycles. The Morgan fingerprint density at radius 2 is 1.92 bits per heavy atom. The second-order valence-electron chi connectivity index (χ2n) is 2.66. The van der Waals surface area contributed by atoms with Gasteiger partial charge in [0.1, 0.15) is 10.8 Å². The van der Waals surface area contributed by atoms with Crippen molar-refractivity contribution in [2.24, 2.45) is 0 Å². The number of benzene rings is 1. The lowest BCUT2D eigenvalue weighted by Crippen LogP contribution is -1.94. The van der Waals surface area contributed by atoms with E-state index in [1.54, 1.807) is 19.1 Å². The lowest BCUT2D eigenvalue weighted by molar-refractivity contribution is 0.199. The smallest absolute Gasteiger partial charge is 0.139 e. The zero-order chi connectivity index (χ0) is 10.0. The summed E-state index contributed by atoms with van der Waals surface area (Å²) in [6.07, 6.45) is -0.629. The second kappa shape index (κ2) is 4.18. The minimum atomic E-state index is -0.629. The van der Waals surface area contributed by atoms with Crippen molar-refractivity contribution in [2.45, 2.75) is 13.0 Å². The summed E-state index contributed by atoms with van der Waals surface area (Å²) in [5, 5.41) is 9.99. The molecule has 0 amide bonds. The van der Waals surface area contributed by atoms with E-state index < -0.39 is 6.10 Å². The van der Waals surface area contributed by atoms with Crippen LogP contribution in [-0.4, -0.2) is 12.2 Å². The van der Waals surface area contributed by atoms with Gasteiger partial charge in [-0.05, 0) is 13.0 Å². The van der Waals surface area contributed by atoms with Gasteiger partial charge >= 0.3 is 0 Å². The van der Waals surface area contributed by atoms with Crippen LogP contribution in [0.1, 0.15) is 18.6 Å². The maximum atomic E-state index is 9.31. The van der Waals surface area contributed by atoms with E-state index in [2.05, 4.69) is 0 Å². The van der Waals surface area contributed by atoms with Crippen molar-refractivity contribution in [3.63, 3.8) is 0 Å². The molecule has 0 aliphatic carbocycles. The summed E-state index contributed by atoms with van der Waals surface area (Å²) in [5.41, 5.74) is 0.604. The number of halogens is 2. The molecule has 0 saturated carbocycles. The first-order valence-electron chi connectivity index (χ1n) is 3.78. The number of hydrogen-bond donors (Lipinski definition) is 1. The molecule has 1 rings (SSSR count). The fourth-order valence-corrected chi connectivity index (χ4v) is 1.59. The number of ether oxygens (including phenoxy) is 1. The number of methoxy groups -OCH3 is 1. The van der Waals surface area contributed by atoms with Gasteiger partial charge in [-0.2, -0.15) is 0 Å². The minimum absolute atomic E-state index is 0.336. The van der Waals surface area contributed by atoms with Crippen molar-refractivity contribution in [2.75, 3.05) is 7.11 Å². The van der Waals surface area contributed by atoms with E-state index >= 15 is 0 Å². The van der Waals surface area contributed by atoms with E-state index in [4.69, 9.17) is 27.9 Å². The maximum Gasteiger partial charge on any atom is 0.139 e. The largest absolute Gasteiger partial charge is 0.495 e. The highest BCUT2D eigenvalue weighted by atomic mass is 35.5. The van der Waals surface area contributed by atoms with Crippen LogP contribution >= 0.6 is 23.2 Å². The number of aliphatic hydroxyl groups excluding tert-OH is 1. The highest BCUT2D eigenvalue weighted by molar-refractivity contribution is 6.43. The third-order valence-corrected chi connectivity index (χ3v) is 2.63. The summed E-state index contributed by atoms with van der Waals surface area (Å²) in [6.45, 7) is 1.63. The normalized spacial score (nSPS) is 12.7. The molecule has 0 fully saturated rings. The topological polar surface area (TPSA) is 29.5 Å². The molecule has 0 spiro atoms. The first kappa shape index (κ1) is 10.6. The van der Waals surface area contributed by atoms with Crippen molar-refractivity contribution in [1.82, 2.24) is 0 Å². The summed E-state index contributed by atoms with van der Waals surface area (Å²) < 4.78 is 4.96. The highest BCUT2D eigenvalue weighted by Crippen LogP contribution is 2.36. The van der Waals surface area contributed by atoms with Crippen molar-refractivity contribution in [1.29, 1.82) is 0 Å². The Balaban J connectivity index is 3.23. The average Bonchev–Trinajstić information content (AvgIpc) is 2.09. The summed E-state index contributed by atoms with van der Waals surface area (Å²) in [4.78, 5) is 0. The number of rotatable bonds is 2. The lowest BCUT2D eigenvalue weighted by Gasteiger charge is -2.11. The molecule has 2 nitrogen and oxygen atoms in total. The molecule has 13 heavy (non-hydrogen) atoms. The van der Waals surface area contributed by atoms with Gasteiger partial charge in [-0.3, -0.25) is 0 Å². The van der Waals surface area contributed by atoms with E-state index in [1.807, 2.05) is 0 Å². The van der Waals surface area contributed by atoms with E-state index in [0.717, 1.165) is 0 Å². The zero-order valence-electron chi connectivity index (χ0n) is 7.34. The zero-order valence-corrected chi connectivity index (χ0v) is 8.86. The monoisotopic (exact) mass is 220 g/mol. The van der Waals surface area contributed by atoms with Crippen molar-refractivity contribution >= 4 is 23.2 Å². The van der Waals surface area contributed by atoms with Gasteiger partial charge in [-0.25, -0.2) is 0 Å². The van der Waals surface area contributed by atoms with Crippen LogP contribution in [0, 0.1) is 0 Å². The molecule has 72 valence electrons. The van der Waals surface area contributed by atoms with E-state index in [-0.39, 0.29) is 0 Å². The van der Waals surface area contributed by atoms with Crippen LogP contribution in [0.4, 0.5) is 0 Å².